The largest absolute Gasteiger partial charge is 0.486 e. The molecule has 0 fully saturated rings. The van der Waals surface area contributed by atoms with Gasteiger partial charge >= 0.3 is 0 Å². The molecule has 0 amide bonds. The fraction of sp³-hybridized carbons (Fsp3) is 0.571. The van der Waals surface area contributed by atoms with Crippen LogP contribution in [-0.2, 0) is 0 Å². The average Bonchev–Trinajstić information content (AvgIpc) is 2.39. The lowest BCUT2D eigenvalue weighted by atomic mass is 9.95. The van der Waals surface area contributed by atoms with Gasteiger partial charge in [-0.15, -0.1) is 0 Å². The summed E-state index contributed by atoms with van der Waals surface area (Å²) in [4.78, 5) is 0. The van der Waals surface area contributed by atoms with Crippen LogP contribution in [0.4, 0.5) is 11.4 Å². The lowest BCUT2D eigenvalue weighted by Gasteiger charge is -2.31. The Morgan fingerprint density at radius 2 is 1.72 bits per heavy atom. The first-order chi connectivity index (χ1) is 8.58. The molecule has 100 valence electrons. The zero-order valence-electron chi connectivity index (χ0n) is 11.4. The van der Waals surface area contributed by atoms with Gasteiger partial charge < -0.3 is 20.5 Å². The van der Waals surface area contributed by atoms with Crippen molar-refractivity contribution >= 4 is 11.4 Å². The summed E-state index contributed by atoms with van der Waals surface area (Å²) < 4.78 is 11.1. The quantitative estimate of drug-likeness (QED) is 0.806. The number of fused-ring (bicyclic) bond motifs is 1. The number of nitrogens with two attached hydrogens (primary N) is 1. The van der Waals surface area contributed by atoms with Crippen LogP contribution in [0.25, 0.3) is 0 Å². The van der Waals surface area contributed by atoms with Gasteiger partial charge in [0.25, 0.3) is 0 Å². The zero-order chi connectivity index (χ0) is 13.2. The van der Waals surface area contributed by atoms with Crippen LogP contribution >= 0.6 is 0 Å². The van der Waals surface area contributed by atoms with Crippen LogP contribution in [0.2, 0.25) is 0 Å². The van der Waals surface area contributed by atoms with Gasteiger partial charge in [0, 0.05) is 17.7 Å². The highest BCUT2D eigenvalue weighted by Crippen LogP contribution is 2.38. The monoisotopic (exact) mass is 250 g/mol. The standard InChI is InChI=1S/C14H22N2O2/c1-4-14(3,5-2)16-11-9-13-12(8-10(11)15)17-6-7-18-13/h8-9,16H,4-7,15H2,1-3H3. The van der Waals surface area contributed by atoms with Crippen LogP contribution in [-0.4, -0.2) is 18.8 Å². The van der Waals surface area contributed by atoms with Crippen molar-refractivity contribution in [1.29, 1.82) is 0 Å². The Bertz CT molecular complexity index is 428. The smallest absolute Gasteiger partial charge is 0.163 e. The Hall–Kier alpha value is -1.58. The normalized spacial score (nSPS) is 14.4. The Morgan fingerprint density at radius 3 is 2.28 bits per heavy atom. The number of rotatable bonds is 4. The van der Waals surface area contributed by atoms with Crippen molar-refractivity contribution in [3.63, 3.8) is 0 Å². The molecule has 18 heavy (non-hydrogen) atoms. The van der Waals surface area contributed by atoms with Gasteiger partial charge in [0.05, 0.1) is 11.4 Å². The van der Waals surface area contributed by atoms with Crippen LogP contribution in [0.3, 0.4) is 0 Å². The SMILES string of the molecule is CCC(C)(CC)Nc1cc2c(cc1N)OCCO2. The van der Waals surface area contributed by atoms with E-state index < -0.39 is 0 Å². The second-order valence-electron chi connectivity index (χ2n) is 4.98. The predicted molar refractivity (Wildman–Crippen MR) is 74.5 cm³/mol. The molecule has 1 heterocycles. The minimum Gasteiger partial charge on any atom is -0.486 e. The Labute approximate surface area is 108 Å². The number of nitrogens with one attached hydrogen (secondary N) is 1. The van der Waals surface area contributed by atoms with Crippen LogP contribution < -0.4 is 20.5 Å². The predicted octanol–water partition coefficient (Wildman–Crippen LogP) is 3.03. The van der Waals surface area contributed by atoms with Crippen molar-refractivity contribution in [2.75, 3.05) is 24.3 Å². The van der Waals surface area contributed by atoms with Crippen molar-refractivity contribution in [2.45, 2.75) is 39.2 Å². The van der Waals surface area contributed by atoms with E-state index in [0.29, 0.717) is 18.9 Å². The van der Waals surface area contributed by atoms with E-state index in [1.54, 1.807) is 0 Å². The minimum atomic E-state index is 0.0535. The minimum absolute atomic E-state index is 0.0535. The van der Waals surface area contributed by atoms with E-state index in [1.807, 2.05) is 12.1 Å². The maximum absolute atomic E-state index is 6.06. The Morgan fingerprint density at radius 1 is 1.17 bits per heavy atom. The van der Waals surface area contributed by atoms with E-state index in [0.717, 1.165) is 30.0 Å². The highest BCUT2D eigenvalue weighted by atomic mass is 16.6. The molecule has 0 radical (unpaired) electrons. The maximum atomic E-state index is 6.06. The summed E-state index contributed by atoms with van der Waals surface area (Å²) in [6.07, 6.45) is 2.08. The van der Waals surface area contributed by atoms with Gasteiger partial charge in [-0.05, 0) is 19.8 Å². The third-order valence-corrected chi connectivity index (χ3v) is 3.71. The van der Waals surface area contributed by atoms with Crippen molar-refractivity contribution < 1.29 is 9.47 Å². The summed E-state index contributed by atoms with van der Waals surface area (Å²) in [6, 6.07) is 3.77. The molecular formula is C14H22N2O2. The third kappa shape index (κ3) is 2.47. The maximum Gasteiger partial charge on any atom is 0.163 e. The van der Waals surface area contributed by atoms with E-state index >= 15 is 0 Å². The molecule has 3 N–H and O–H groups in total. The highest BCUT2D eigenvalue weighted by Gasteiger charge is 2.22. The second kappa shape index (κ2) is 4.96. The number of nitrogen functional groups attached to an aromatic ring is 1. The molecule has 0 saturated heterocycles. The van der Waals surface area contributed by atoms with Gasteiger partial charge in [0.1, 0.15) is 13.2 Å². The molecular weight excluding hydrogens is 228 g/mol. The topological polar surface area (TPSA) is 56.5 Å². The summed E-state index contributed by atoms with van der Waals surface area (Å²) in [5, 5.41) is 3.51. The van der Waals surface area contributed by atoms with Gasteiger partial charge in [-0.1, -0.05) is 13.8 Å². The first kappa shape index (κ1) is 12.9. The van der Waals surface area contributed by atoms with Crippen LogP contribution in [0.15, 0.2) is 12.1 Å². The van der Waals surface area contributed by atoms with Crippen molar-refractivity contribution in [3.05, 3.63) is 12.1 Å². The summed E-state index contributed by atoms with van der Waals surface area (Å²) in [6.45, 7) is 7.72. The molecule has 0 bridgehead atoms. The molecule has 0 aliphatic carbocycles. The highest BCUT2D eigenvalue weighted by molar-refractivity contribution is 5.72. The first-order valence-electron chi connectivity index (χ1n) is 6.55. The van der Waals surface area contributed by atoms with Crippen LogP contribution in [0.5, 0.6) is 11.5 Å². The number of benzene rings is 1. The van der Waals surface area contributed by atoms with Crippen molar-refractivity contribution in [3.8, 4) is 11.5 Å². The summed E-state index contributed by atoms with van der Waals surface area (Å²) in [5.41, 5.74) is 7.74. The van der Waals surface area contributed by atoms with Gasteiger partial charge in [0.2, 0.25) is 0 Å². The number of anilines is 2. The lowest BCUT2D eigenvalue weighted by Crippen LogP contribution is -2.33. The van der Waals surface area contributed by atoms with Gasteiger partial charge in [-0.25, -0.2) is 0 Å². The molecule has 0 saturated carbocycles. The number of ether oxygens (including phenoxy) is 2. The second-order valence-corrected chi connectivity index (χ2v) is 4.98. The average molecular weight is 250 g/mol. The van der Waals surface area contributed by atoms with E-state index in [1.165, 1.54) is 0 Å². The Kier molecular flexibility index (Phi) is 3.55. The fourth-order valence-electron chi connectivity index (χ4n) is 1.96. The molecule has 4 nitrogen and oxygen atoms in total. The van der Waals surface area contributed by atoms with Gasteiger partial charge in [-0.3, -0.25) is 0 Å². The summed E-state index contributed by atoms with van der Waals surface area (Å²) in [5.74, 6) is 1.51. The molecule has 1 aliphatic rings. The van der Waals surface area contributed by atoms with E-state index in [9.17, 15) is 0 Å². The van der Waals surface area contributed by atoms with E-state index in [2.05, 4.69) is 26.1 Å². The molecule has 0 spiro atoms. The summed E-state index contributed by atoms with van der Waals surface area (Å²) in [7, 11) is 0. The molecule has 0 atom stereocenters. The number of hydrogen-bond acceptors (Lipinski definition) is 4. The lowest BCUT2D eigenvalue weighted by molar-refractivity contribution is 0.172. The molecule has 0 aromatic heterocycles. The van der Waals surface area contributed by atoms with Crippen LogP contribution in [0, 0.1) is 0 Å². The zero-order valence-corrected chi connectivity index (χ0v) is 11.4. The van der Waals surface area contributed by atoms with Gasteiger partial charge in [0.15, 0.2) is 11.5 Å². The van der Waals surface area contributed by atoms with Crippen molar-refractivity contribution in [1.82, 2.24) is 0 Å². The fourth-order valence-corrected chi connectivity index (χ4v) is 1.96. The molecule has 1 aliphatic heterocycles. The molecule has 4 heteroatoms. The summed E-state index contributed by atoms with van der Waals surface area (Å²) >= 11 is 0. The third-order valence-electron chi connectivity index (χ3n) is 3.71. The Balaban J connectivity index is 2.28. The van der Waals surface area contributed by atoms with Crippen LogP contribution in [0.1, 0.15) is 33.6 Å². The van der Waals surface area contributed by atoms with E-state index in [4.69, 9.17) is 15.2 Å². The molecule has 1 aromatic rings. The number of hydrogen-bond donors (Lipinski definition) is 2. The first-order valence-corrected chi connectivity index (χ1v) is 6.55. The molecule has 0 unspecified atom stereocenters. The molecule has 1 aromatic carbocycles. The molecule has 2 rings (SSSR count). The van der Waals surface area contributed by atoms with Gasteiger partial charge in [-0.2, -0.15) is 0 Å². The van der Waals surface area contributed by atoms with Crippen molar-refractivity contribution in [2.24, 2.45) is 0 Å². The van der Waals surface area contributed by atoms with E-state index in [-0.39, 0.29) is 5.54 Å².